The van der Waals surface area contributed by atoms with Crippen LogP contribution in [0.15, 0.2) is 24.3 Å². The van der Waals surface area contributed by atoms with Gasteiger partial charge in [0.25, 0.3) is 0 Å². The van der Waals surface area contributed by atoms with Crippen LogP contribution in [0.5, 0.6) is 0 Å². The first-order chi connectivity index (χ1) is 12.7. The molecule has 150 valence electrons. The molecule has 0 aliphatic rings. The second kappa shape index (κ2) is 10.5. The lowest BCUT2D eigenvalue weighted by Gasteiger charge is -2.21. The predicted octanol–water partition coefficient (Wildman–Crippen LogP) is 2.41. The van der Waals surface area contributed by atoms with E-state index >= 15 is 0 Å². The lowest BCUT2D eigenvalue weighted by molar-refractivity contribution is -0.147. The second-order valence-corrected chi connectivity index (χ2v) is 7.02. The molecule has 8 heteroatoms. The van der Waals surface area contributed by atoms with Crippen molar-refractivity contribution in [2.75, 3.05) is 6.54 Å². The third-order valence-electron chi connectivity index (χ3n) is 4.19. The van der Waals surface area contributed by atoms with E-state index in [1.54, 1.807) is 26.0 Å². The van der Waals surface area contributed by atoms with Crippen LogP contribution in [0.3, 0.4) is 0 Å². The molecule has 1 unspecified atom stereocenters. The molecular weight excluding hydrogens is 353 g/mol. The van der Waals surface area contributed by atoms with Crippen molar-refractivity contribution in [3.05, 3.63) is 35.6 Å². The van der Waals surface area contributed by atoms with Crippen LogP contribution < -0.4 is 16.0 Å². The molecule has 1 rings (SSSR count). The maximum Gasteiger partial charge on any atom is 0.315 e. The third-order valence-corrected chi connectivity index (χ3v) is 4.19. The largest absolute Gasteiger partial charge is 0.481 e. The highest BCUT2D eigenvalue weighted by Gasteiger charge is 2.27. The van der Waals surface area contributed by atoms with Crippen molar-refractivity contribution in [2.45, 2.75) is 52.6 Å². The average Bonchev–Trinajstić information content (AvgIpc) is 2.60. The van der Waals surface area contributed by atoms with Crippen molar-refractivity contribution in [2.24, 2.45) is 5.41 Å². The van der Waals surface area contributed by atoms with Crippen LogP contribution in [0.2, 0.25) is 0 Å². The van der Waals surface area contributed by atoms with Gasteiger partial charge in [0.1, 0.15) is 11.9 Å². The highest BCUT2D eigenvalue weighted by atomic mass is 19.1. The molecule has 0 saturated carbocycles. The van der Waals surface area contributed by atoms with E-state index in [0.29, 0.717) is 12.8 Å². The van der Waals surface area contributed by atoms with Crippen LogP contribution in [0.4, 0.5) is 9.18 Å². The highest BCUT2D eigenvalue weighted by molar-refractivity contribution is 5.87. The van der Waals surface area contributed by atoms with Crippen molar-refractivity contribution < 1.29 is 23.9 Å². The Morgan fingerprint density at radius 3 is 2.33 bits per heavy atom. The fourth-order valence-corrected chi connectivity index (χ4v) is 2.28. The highest BCUT2D eigenvalue weighted by Crippen LogP contribution is 2.19. The number of halogens is 1. The number of hydrogen-bond acceptors (Lipinski definition) is 3. The molecule has 0 aliphatic heterocycles. The van der Waals surface area contributed by atoms with E-state index in [1.165, 1.54) is 12.1 Å². The van der Waals surface area contributed by atoms with E-state index in [0.717, 1.165) is 5.56 Å². The van der Waals surface area contributed by atoms with Crippen LogP contribution in [0, 0.1) is 11.2 Å². The quantitative estimate of drug-likeness (QED) is 0.499. The van der Waals surface area contributed by atoms with E-state index in [2.05, 4.69) is 16.0 Å². The smallest absolute Gasteiger partial charge is 0.315 e. The van der Waals surface area contributed by atoms with Gasteiger partial charge in [-0.25, -0.2) is 9.18 Å². The van der Waals surface area contributed by atoms with Crippen molar-refractivity contribution in [1.29, 1.82) is 0 Å². The molecule has 0 bridgehead atoms. The van der Waals surface area contributed by atoms with Crippen LogP contribution in [0.25, 0.3) is 0 Å². The fourth-order valence-electron chi connectivity index (χ4n) is 2.28. The number of benzene rings is 1. The third kappa shape index (κ3) is 8.06. The molecule has 0 fully saturated rings. The van der Waals surface area contributed by atoms with Gasteiger partial charge in [0, 0.05) is 13.1 Å². The Bertz CT molecular complexity index is 647. The number of amides is 3. The van der Waals surface area contributed by atoms with Crippen LogP contribution >= 0.6 is 0 Å². The average molecular weight is 381 g/mol. The van der Waals surface area contributed by atoms with Gasteiger partial charge in [-0.05, 0) is 44.4 Å². The van der Waals surface area contributed by atoms with Crippen molar-refractivity contribution in [3.8, 4) is 0 Å². The van der Waals surface area contributed by atoms with Gasteiger partial charge in [-0.3, -0.25) is 9.59 Å². The van der Waals surface area contributed by atoms with Gasteiger partial charge in [0.05, 0.1) is 5.41 Å². The minimum absolute atomic E-state index is 0.206. The molecule has 1 aromatic rings. The van der Waals surface area contributed by atoms with Gasteiger partial charge >= 0.3 is 12.0 Å². The molecule has 3 amide bonds. The van der Waals surface area contributed by atoms with Crippen LogP contribution in [-0.2, 0) is 16.1 Å². The molecule has 1 atom stereocenters. The Morgan fingerprint density at radius 1 is 1.15 bits per heavy atom. The minimum Gasteiger partial charge on any atom is -0.481 e. The first-order valence-electron chi connectivity index (χ1n) is 8.95. The Balaban J connectivity index is 2.48. The van der Waals surface area contributed by atoms with Crippen molar-refractivity contribution in [3.63, 3.8) is 0 Å². The molecule has 0 radical (unpaired) electrons. The number of carboxylic acid groups (broad SMARTS) is 1. The monoisotopic (exact) mass is 381 g/mol. The number of carboxylic acids is 1. The van der Waals surface area contributed by atoms with Crippen LogP contribution in [0.1, 0.15) is 45.6 Å². The lowest BCUT2D eigenvalue weighted by Crippen LogP contribution is -2.50. The van der Waals surface area contributed by atoms with Gasteiger partial charge < -0.3 is 21.1 Å². The van der Waals surface area contributed by atoms with E-state index in [9.17, 15) is 18.8 Å². The summed E-state index contributed by atoms with van der Waals surface area (Å²) >= 11 is 0. The van der Waals surface area contributed by atoms with Gasteiger partial charge in [0.15, 0.2) is 0 Å². The molecule has 7 nitrogen and oxygen atoms in total. The molecule has 0 saturated heterocycles. The van der Waals surface area contributed by atoms with E-state index in [-0.39, 0.29) is 31.2 Å². The summed E-state index contributed by atoms with van der Waals surface area (Å²) in [5, 5.41) is 17.0. The second-order valence-electron chi connectivity index (χ2n) is 7.02. The summed E-state index contributed by atoms with van der Waals surface area (Å²) in [6, 6.07) is 4.53. The van der Waals surface area contributed by atoms with Gasteiger partial charge in [-0.2, -0.15) is 0 Å². The lowest BCUT2D eigenvalue weighted by atomic mass is 9.89. The SMILES string of the molecule is CCCC(NC(=O)NCc1ccc(F)cc1)C(=O)NCCC(C)(C)C(=O)O. The fraction of sp³-hybridized carbons (Fsp3) is 0.526. The number of carbonyl (C=O) groups is 3. The molecule has 0 aromatic heterocycles. The molecular formula is C19H28FN3O4. The Kier molecular flexibility index (Phi) is 8.71. The number of nitrogens with one attached hydrogen (secondary N) is 3. The maximum absolute atomic E-state index is 12.9. The van der Waals surface area contributed by atoms with E-state index in [1.807, 2.05) is 6.92 Å². The molecule has 0 aliphatic carbocycles. The van der Waals surface area contributed by atoms with E-state index < -0.39 is 23.5 Å². The number of aliphatic carboxylic acids is 1. The predicted molar refractivity (Wildman–Crippen MR) is 99.5 cm³/mol. The summed E-state index contributed by atoms with van der Waals surface area (Å²) < 4.78 is 12.9. The normalized spacial score (nSPS) is 12.1. The van der Waals surface area contributed by atoms with Gasteiger partial charge in [-0.1, -0.05) is 25.5 Å². The summed E-state index contributed by atoms with van der Waals surface area (Å²) in [7, 11) is 0. The Morgan fingerprint density at radius 2 is 1.78 bits per heavy atom. The number of carbonyl (C=O) groups excluding carboxylic acids is 2. The Labute approximate surface area is 158 Å². The maximum atomic E-state index is 12.9. The van der Waals surface area contributed by atoms with Crippen molar-refractivity contribution in [1.82, 2.24) is 16.0 Å². The number of urea groups is 1. The standard InChI is InChI=1S/C19H28FN3O4/c1-4-5-15(16(24)21-11-10-19(2,3)17(25)26)23-18(27)22-12-13-6-8-14(20)9-7-13/h6-9,15H,4-5,10-12H2,1-3H3,(H,21,24)(H,25,26)(H2,22,23,27). The first-order valence-corrected chi connectivity index (χ1v) is 8.95. The summed E-state index contributed by atoms with van der Waals surface area (Å²) in [6.45, 7) is 5.49. The van der Waals surface area contributed by atoms with Gasteiger partial charge in [-0.15, -0.1) is 0 Å². The number of hydrogen-bond donors (Lipinski definition) is 4. The summed E-state index contributed by atoms with van der Waals surface area (Å²) in [6.07, 6.45) is 1.43. The van der Waals surface area contributed by atoms with Crippen molar-refractivity contribution >= 4 is 17.9 Å². The zero-order valence-corrected chi connectivity index (χ0v) is 16.0. The number of rotatable bonds is 10. The molecule has 0 spiro atoms. The molecule has 0 heterocycles. The van der Waals surface area contributed by atoms with E-state index in [4.69, 9.17) is 5.11 Å². The van der Waals surface area contributed by atoms with Crippen LogP contribution in [-0.4, -0.2) is 35.6 Å². The Hall–Kier alpha value is -2.64. The molecule has 27 heavy (non-hydrogen) atoms. The molecule has 4 N–H and O–H groups in total. The minimum atomic E-state index is -0.937. The topological polar surface area (TPSA) is 108 Å². The summed E-state index contributed by atoms with van der Waals surface area (Å²) in [5.41, 5.74) is -0.202. The summed E-state index contributed by atoms with van der Waals surface area (Å²) in [5.74, 6) is -1.64. The zero-order chi connectivity index (χ0) is 20.4. The van der Waals surface area contributed by atoms with Gasteiger partial charge in [0.2, 0.25) is 5.91 Å². The molecule has 1 aromatic carbocycles. The first kappa shape index (κ1) is 22.4. The summed E-state index contributed by atoms with van der Waals surface area (Å²) in [4.78, 5) is 35.4. The zero-order valence-electron chi connectivity index (χ0n) is 16.0.